The number of hydrogen-bond acceptors (Lipinski definition) is 2. The zero-order valence-corrected chi connectivity index (χ0v) is 15.1. The maximum atomic E-state index is 12.3. The van der Waals surface area contributed by atoms with E-state index in [9.17, 15) is 4.79 Å². The molecule has 0 heterocycles. The van der Waals surface area contributed by atoms with Crippen molar-refractivity contribution in [2.24, 2.45) is 0 Å². The van der Waals surface area contributed by atoms with Gasteiger partial charge in [-0.1, -0.05) is 64.6 Å². The van der Waals surface area contributed by atoms with Crippen molar-refractivity contribution in [3.63, 3.8) is 0 Å². The van der Waals surface area contributed by atoms with E-state index in [2.05, 4.69) is 10.6 Å². The average molecular weight is 392 g/mol. The van der Waals surface area contributed by atoms with Gasteiger partial charge in [-0.2, -0.15) is 0 Å². The summed E-state index contributed by atoms with van der Waals surface area (Å²) in [5.41, 5.74) is 2.15. The van der Waals surface area contributed by atoms with Crippen LogP contribution in [0.1, 0.15) is 15.9 Å². The Labute approximate surface area is 154 Å². The second-order valence-corrected chi connectivity index (χ2v) is 7.78. The van der Waals surface area contributed by atoms with Crippen molar-refractivity contribution in [2.75, 3.05) is 5.32 Å². The minimum Gasteiger partial charge on any atom is -0.362 e. The molecular formula is C16H14Cl4N2O. The van der Waals surface area contributed by atoms with Gasteiger partial charge in [0, 0.05) is 16.3 Å². The number of carbonyl (C=O) groups is 1. The first-order chi connectivity index (χ1) is 10.8. The maximum Gasteiger partial charge on any atom is 0.253 e. The first-order valence-electron chi connectivity index (χ1n) is 6.72. The molecule has 0 aliphatic rings. The molecule has 1 amide bonds. The fourth-order valence-electron chi connectivity index (χ4n) is 1.95. The van der Waals surface area contributed by atoms with Gasteiger partial charge in [0.25, 0.3) is 5.91 Å². The summed E-state index contributed by atoms with van der Waals surface area (Å²) in [5.74, 6) is -0.399. The third kappa shape index (κ3) is 5.47. The Morgan fingerprint density at radius 1 is 1.09 bits per heavy atom. The topological polar surface area (TPSA) is 41.1 Å². The third-order valence-electron chi connectivity index (χ3n) is 3.02. The molecule has 2 rings (SSSR count). The maximum absolute atomic E-state index is 12.3. The second-order valence-electron chi connectivity index (χ2n) is 4.97. The van der Waals surface area contributed by atoms with Crippen LogP contribution < -0.4 is 10.6 Å². The molecule has 3 nitrogen and oxygen atoms in total. The van der Waals surface area contributed by atoms with Gasteiger partial charge in [-0.05, 0) is 42.8 Å². The van der Waals surface area contributed by atoms with Crippen LogP contribution in [0.4, 0.5) is 5.69 Å². The molecule has 0 spiro atoms. The molecule has 1 unspecified atom stereocenters. The van der Waals surface area contributed by atoms with E-state index in [1.165, 1.54) is 0 Å². The molecule has 2 aromatic rings. The van der Waals surface area contributed by atoms with E-state index < -0.39 is 15.9 Å². The molecule has 7 heteroatoms. The largest absolute Gasteiger partial charge is 0.362 e. The number of rotatable bonds is 4. The van der Waals surface area contributed by atoms with Crippen LogP contribution >= 0.6 is 46.4 Å². The number of carbonyl (C=O) groups excluding carboxylic acids is 1. The van der Waals surface area contributed by atoms with E-state index in [1.54, 1.807) is 24.3 Å². The average Bonchev–Trinajstić information content (AvgIpc) is 2.45. The van der Waals surface area contributed by atoms with E-state index >= 15 is 0 Å². The highest BCUT2D eigenvalue weighted by Gasteiger charge is 2.34. The number of amides is 1. The minimum absolute atomic E-state index is 0.378. The molecule has 0 aromatic heterocycles. The summed E-state index contributed by atoms with van der Waals surface area (Å²) >= 11 is 23.8. The van der Waals surface area contributed by atoms with Crippen LogP contribution in [0.5, 0.6) is 0 Å². The Morgan fingerprint density at radius 3 is 2.39 bits per heavy atom. The lowest BCUT2D eigenvalue weighted by molar-refractivity contribution is 0.0942. The minimum atomic E-state index is -1.74. The number of anilines is 1. The van der Waals surface area contributed by atoms with E-state index in [0.29, 0.717) is 10.6 Å². The summed E-state index contributed by atoms with van der Waals surface area (Å²) in [5, 5.41) is 6.13. The number of aryl methyl sites for hydroxylation is 1. The zero-order chi connectivity index (χ0) is 17.0. The first-order valence-corrected chi connectivity index (χ1v) is 8.23. The number of nitrogens with one attached hydrogen (secondary N) is 2. The molecule has 0 saturated heterocycles. The molecule has 1 atom stereocenters. The highest BCUT2D eigenvalue weighted by Crippen LogP contribution is 2.31. The van der Waals surface area contributed by atoms with Crippen molar-refractivity contribution < 1.29 is 4.79 Å². The summed E-state index contributed by atoms with van der Waals surface area (Å²) in [6, 6.07) is 14.0. The van der Waals surface area contributed by atoms with E-state index in [4.69, 9.17) is 46.4 Å². The quantitative estimate of drug-likeness (QED) is 0.556. The molecule has 0 saturated carbocycles. The first kappa shape index (κ1) is 18.2. The molecular weight excluding hydrogens is 378 g/mol. The van der Waals surface area contributed by atoms with E-state index in [0.717, 1.165) is 11.3 Å². The lowest BCUT2D eigenvalue weighted by Crippen LogP contribution is -2.49. The van der Waals surface area contributed by atoms with Crippen LogP contribution in [0.25, 0.3) is 0 Å². The van der Waals surface area contributed by atoms with Gasteiger partial charge in [0.2, 0.25) is 3.79 Å². The Kier molecular flexibility index (Phi) is 6.04. The van der Waals surface area contributed by atoms with Crippen LogP contribution in [0.3, 0.4) is 0 Å². The Morgan fingerprint density at radius 2 is 1.78 bits per heavy atom. The molecule has 23 heavy (non-hydrogen) atoms. The zero-order valence-electron chi connectivity index (χ0n) is 12.1. The molecule has 0 radical (unpaired) electrons. The van der Waals surface area contributed by atoms with Crippen molar-refractivity contribution >= 4 is 58.0 Å². The van der Waals surface area contributed by atoms with Gasteiger partial charge in [0.05, 0.1) is 0 Å². The summed E-state index contributed by atoms with van der Waals surface area (Å²) in [4.78, 5) is 12.3. The van der Waals surface area contributed by atoms with Crippen LogP contribution in [-0.2, 0) is 0 Å². The second kappa shape index (κ2) is 7.63. The molecule has 0 bridgehead atoms. The fourth-order valence-corrected chi connectivity index (χ4v) is 2.46. The molecule has 2 N–H and O–H groups in total. The number of hydrogen-bond donors (Lipinski definition) is 2. The normalized spacial score (nSPS) is 12.6. The molecule has 0 fully saturated rings. The Bertz CT molecular complexity index is 700. The van der Waals surface area contributed by atoms with Gasteiger partial charge < -0.3 is 10.6 Å². The monoisotopic (exact) mass is 390 g/mol. The lowest BCUT2D eigenvalue weighted by Gasteiger charge is -2.27. The smallest absolute Gasteiger partial charge is 0.253 e. The van der Waals surface area contributed by atoms with Crippen molar-refractivity contribution in [3.8, 4) is 0 Å². The van der Waals surface area contributed by atoms with Crippen molar-refractivity contribution in [1.82, 2.24) is 5.32 Å². The Hall–Kier alpha value is -1.13. The van der Waals surface area contributed by atoms with Crippen molar-refractivity contribution in [3.05, 3.63) is 64.7 Å². The van der Waals surface area contributed by atoms with Gasteiger partial charge in [-0.25, -0.2) is 0 Å². The number of halogens is 4. The van der Waals surface area contributed by atoms with Crippen LogP contribution in [0.15, 0.2) is 48.5 Å². The molecule has 2 aromatic carbocycles. The van der Waals surface area contributed by atoms with E-state index in [1.807, 2.05) is 31.2 Å². The summed E-state index contributed by atoms with van der Waals surface area (Å²) in [7, 11) is 0. The van der Waals surface area contributed by atoms with Gasteiger partial charge >= 0.3 is 0 Å². The predicted octanol–water partition coefficient (Wildman–Crippen LogP) is 5.19. The molecule has 122 valence electrons. The molecule has 0 aliphatic heterocycles. The van der Waals surface area contributed by atoms with Crippen molar-refractivity contribution in [1.29, 1.82) is 0 Å². The standard InChI is InChI=1S/C16H14Cl4N2O/c1-10-4-2-7-13(8-10)21-15(16(18,19)20)22-14(23)11-5-3-6-12(17)9-11/h2-9,15,21H,1H3,(H,22,23). The summed E-state index contributed by atoms with van der Waals surface area (Å²) in [6.07, 6.45) is -0.916. The van der Waals surface area contributed by atoms with E-state index in [-0.39, 0.29) is 0 Å². The lowest BCUT2D eigenvalue weighted by atomic mass is 10.2. The highest BCUT2D eigenvalue weighted by molar-refractivity contribution is 6.68. The van der Waals surface area contributed by atoms with Gasteiger partial charge in [-0.3, -0.25) is 4.79 Å². The predicted molar refractivity (Wildman–Crippen MR) is 97.8 cm³/mol. The van der Waals surface area contributed by atoms with Crippen molar-refractivity contribution in [2.45, 2.75) is 16.9 Å². The van der Waals surface area contributed by atoms with Gasteiger partial charge in [0.15, 0.2) is 0 Å². The fraction of sp³-hybridized carbons (Fsp3) is 0.188. The molecule has 0 aliphatic carbocycles. The van der Waals surface area contributed by atoms with Gasteiger partial charge in [0.1, 0.15) is 6.17 Å². The van der Waals surface area contributed by atoms with Gasteiger partial charge in [-0.15, -0.1) is 0 Å². The third-order valence-corrected chi connectivity index (χ3v) is 3.91. The SMILES string of the molecule is Cc1cccc(NC(NC(=O)c2cccc(Cl)c2)C(Cl)(Cl)Cl)c1. The summed E-state index contributed by atoms with van der Waals surface area (Å²) < 4.78 is -1.74. The Balaban J connectivity index is 2.18. The summed E-state index contributed by atoms with van der Waals surface area (Å²) in [6.45, 7) is 1.94. The van der Waals surface area contributed by atoms with Crippen LogP contribution in [0, 0.1) is 6.92 Å². The number of alkyl halides is 3. The number of benzene rings is 2. The van der Waals surface area contributed by atoms with Crippen LogP contribution in [-0.4, -0.2) is 15.9 Å². The van der Waals surface area contributed by atoms with Crippen LogP contribution in [0.2, 0.25) is 5.02 Å². The highest BCUT2D eigenvalue weighted by atomic mass is 35.6.